The van der Waals surface area contributed by atoms with Crippen molar-refractivity contribution in [2.45, 2.75) is 97.9 Å². The predicted molar refractivity (Wildman–Crippen MR) is 144 cm³/mol. The first-order valence-electron chi connectivity index (χ1n) is 12.7. The first-order valence-corrected chi connectivity index (χ1v) is 13.0. The Labute approximate surface area is 216 Å². The number of carbonyl (C=O) groups excluding carboxylic acids is 1. The molecular weight excluding hydrogens is 462 g/mol. The molecule has 5 nitrogen and oxygen atoms in total. The lowest BCUT2D eigenvalue weighted by atomic mass is 10.0. The van der Waals surface area contributed by atoms with E-state index in [0.717, 1.165) is 49.2 Å². The average molecular weight is 504 g/mol. The number of hydrogen-bond acceptors (Lipinski definition) is 4. The summed E-state index contributed by atoms with van der Waals surface area (Å²) in [7, 11) is 0. The van der Waals surface area contributed by atoms with Gasteiger partial charge in [0.1, 0.15) is 28.5 Å². The maximum Gasteiger partial charge on any atom is 0.260 e. The Bertz CT molecular complexity index is 957. The first kappa shape index (κ1) is 28.8. The van der Waals surface area contributed by atoms with E-state index in [1.165, 1.54) is 0 Å². The normalized spacial score (nSPS) is 12.7. The number of hydrogen-bond donors (Lipinski definition) is 1. The molecule has 0 saturated carbocycles. The van der Waals surface area contributed by atoms with Crippen LogP contribution in [0.4, 0.5) is 0 Å². The van der Waals surface area contributed by atoms with Crippen LogP contribution >= 0.6 is 11.6 Å². The van der Waals surface area contributed by atoms with Crippen LogP contribution in [0.5, 0.6) is 17.2 Å². The van der Waals surface area contributed by atoms with Gasteiger partial charge in [-0.05, 0) is 96.6 Å². The van der Waals surface area contributed by atoms with E-state index < -0.39 is 6.10 Å². The van der Waals surface area contributed by atoms with Gasteiger partial charge in [-0.25, -0.2) is 0 Å². The highest BCUT2D eigenvalue weighted by Crippen LogP contribution is 2.32. The highest BCUT2D eigenvalue weighted by atomic mass is 35.5. The molecule has 2 aromatic rings. The van der Waals surface area contributed by atoms with Gasteiger partial charge in [0.25, 0.3) is 5.91 Å². The fourth-order valence-electron chi connectivity index (χ4n) is 3.25. The molecule has 0 radical (unpaired) electrons. The maximum atomic E-state index is 12.4. The lowest BCUT2D eigenvalue weighted by molar-refractivity contribution is -0.127. The second kappa shape index (κ2) is 13.1. The van der Waals surface area contributed by atoms with Crippen molar-refractivity contribution < 1.29 is 19.0 Å². The molecule has 0 aromatic heterocycles. The fraction of sp³-hybridized carbons (Fsp3) is 0.552. The molecule has 6 heteroatoms. The Balaban J connectivity index is 1.90. The molecule has 0 aliphatic heterocycles. The van der Waals surface area contributed by atoms with Crippen molar-refractivity contribution in [2.24, 2.45) is 0 Å². The van der Waals surface area contributed by atoms with Gasteiger partial charge in [-0.2, -0.15) is 0 Å². The van der Waals surface area contributed by atoms with Crippen molar-refractivity contribution in [3.8, 4) is 17.2 Å². The number of unbranched alkanes of at least 4 members (excludes halogenated alkanes) is 1. The fourth-order valence-corrected chi connectivity index (χ4v) is 3.43. The van der Waals surface area contributed by atoms with E-state index in [2.05, 4.69) is 52.9 Å². The van der Waals surface area contributed by atoms with Gasteiger partial charge in [0, 0.05) is 17.6 Å². The van der Waals surface area contributed by atoms with E-state index in [4.69, 9.17) is 25.8 Å². The van der Waals surface area contributed by atoms with E-state index in [0.29, 0.717) is 17.3 Å². The highest BCUT2D eigenvalue weighted by molar-refractivity contribution is 6.30. The number of aryl methyl sites for hydroxylation is 1. The standard InChI is InChI=1S/C29H42ClNO4/c1-8-28(4,5)34-25-17-16-22(26(20-25)35-29(6,7)9-2)13-10-11-18-31-27(32)21(3)33-24-15-12-14-23(30)19-24/h12,14-17,19-21H,8-11,13,18H2,1-7H3,(H,31,32). The summed E-state index contributed by atoms with van der Waals surface area (Å²) in [6.45, 7) is 14.9. The van der Waals surface area contributed by atoms with Crippen molar-refractivity contribution in [3.63, 3.8) is 0 Å². The predicted octanol–water partition coefficient (Wildman–Crippen LogP) is 7.38. The molecule has 0 spiro atoms. The molecule has 2 aromatic carbocycles. The van der Waals surface area contributed by atoms with Crippen LogP contribution in [-0.4, -0.2) is 29.8 Å². The molecule has 0 bridgehead atoms. The number of carbonyl (C=O) groups is 1. The summed E-state index contributed by atoms with van der Waals surface area (Å²) < 4.78 is 18.3. The lowest BCUT2D eigenvalue weighted by Crippen LogP contribution is -2.36. The Morgan fingerprint density at radius 1 is 0.943 bits per heavy atom. The van der Waals surface area contributed by atoms with E-state index >= 15 is 0 Å². The molecule has 0 fully saturated rings. The number of halogens is 1. The van der Waals surface area contributed by atoms with Crippen molar-refractivity contribution in [1.29, 1.82) is 0 Å². The van der Waals surface area contributed by atoms with Gasteiger partial charge in [-0.3, -0.25) is 4.79 Å². The summed E-state index contributed by atoms with van der Waals surface area (Å²) in [6.07, 6.45) is 3.86. The van der Waals surface area contributed by atoms with Gasteiger partial charge in [-0.1, -0.05) is 37.6 Å². The molecule has 1 unspecified atom stereocenters. The van der Waals surface area contributed by atoms with E-state index in [9.17, 15) is 4.79 Å². The molecule has 1 amide bonds. The molecule has 0 saturated heterocycles. The number of ether oxygens (including phenoxy) is 3. The van der Waals surface area contributed by atoms with E-state index in [1.54, 1.807) is 31.2 Å². The van der Waals surface area contributed by atoms with Gasteiger partial charge in [0.2, 0.25) is 0 Å². The Hall–Kier alpha value is -2.40. The van der Waals surface area contributed by atoms with Crippen LogP contribution in [0.2, 0.25) is 5.02 Å². The first-order chi connectivity index (χ1) is 16.4. The zero-order valence-electron chi connectivity index (χ0n) is 22.4. The van der Waals surface area contributed by atoms with Crippen molar-refractivity contribution in [1.82, 2.24) is 5.32 Å². The number of rotatable bonds is 14. The number of amides is 1. The second-order valence-corrected chi connectivity index (χ2v) is 10.6. The van der Waals surface area contributed by atoms with Crippen molar-refractivity contribution >= 4 is 17.5 Å². The Morgan fingerprint density at radius 2 is 1.63 bits per heavy atom. The maximum absolute atomic E-state index is 12.4. The summed E-state index contributed by atoms with van der Waals surface area (Å²) >= 11 is 5.98. The summed E-state index contributed by atoms with van der Waals surface area (Å²) in [5.74, 6) is 2.13. The molecule has 0 heterocycles. The molecule has 35 heavy (non-hydrogen) atoms. The molecule has 2 rings (SSSR count). The van der Waals surface area contributed by atoms with Gasteiger partial charge < -0.3 is 19.5 Å². The molecular formula is C29H42ClNO4. The van der Waals surface area contributed by atoms with Crippen LogP contribution in [0.15, 0.2) is 42.5 Å². The van der Waals surface area contributed by atoms with Crippen LogP contribution < -0.4 is 19.5 Å². The van der Waals surface area contributed by atoms with E-state index in [1.807, 2.05) is 12.1 Å². The van der Waals surface area contributed by atoms with Crippen LogP contribution in [0, 0.1) is 0 Å². The van der Waals surface area contributed by atoms with Gasteiger partial charge >= 0.3 is 0 Å². The molecule has 0 aliphatic rings. The third kappa shape index (κ3) is 10.0. The zero-order valence-corrected chi connectivity index (χ0v) is 23.1. The summed E-state index contributed by atoms with van der Waals surface area (Å²) in [6, 6.07) is 13.2. The molecule has 194 valence electrons. The topological polar surface area (TPSA) is 56.8 Å². The Morgan fingerprint density at radius 3 is 2.29 bits per heavy atom. The SMILES string of the molecule is CCC(C)(C)Oc1ccc(CCCCNC(=O)C(C)Oc2cccc(Cl)c2)c(OC(C)(C)CC)c1. The van der Waals surface area contributed by atoms with Crippen LogP contribution in [0.1, 0.15) is 79.7 Å². The van der Waals surface area contributed by atoms with Gasteiger partial charge in [0.15, 0.2) is 6.10 Å². The third-order valence-electron chi connectivity index (χ3n) is 6.17. The summed E-state index contributed by atoms with van der Waals surface area (Å²) in [4.78, 5) is 12.4. The number of nitrogens with one attached hydrogen (secondary N) is 1. The van der Waals surface area contributed by atoms with Crippen LogP contribution in [-0.2, 0) is 11.2 Å². The smallest absolute Gasteiger partial charge is 0.260 e. The summed E-state index contributed by atoms with van der Waals surface area (Å²) in [5.41, 5.74) is 0.656. The largest absolute Gasteiger partial charge is 0.488 e. The minimum Gasteiger partial charge on any atom is -0.488 e. The van der Waals surface area contributed by atoms with E-state index in [-0.39, 0.29) is 17.1 Å². The quantitative estimate of drug-likeness (QED) is 0.273. The van der Waals surface area contributed by atoms with Crippen molar-refractivity contribution in [3.05, 3.63) is 53.1 Å². The Kier molecular flexibility index (Phi) is 10.8. The zero-order chi connectivity index (χ0) is 26.1. The van der Waals surface area contributed by atoms with Crippen LogP contribution in [0.25, 0.3) is 0 Å². The minimum atomic E-state index is -0.593. The van der Waals surface area contributed by atoms with Gasteiger partial charge in [0.05, 0.1) is 0 Å². The average Bonchev–Trinajstić information content (AvgIpc) is 2.79. The molecule has 1 N–H and O–H groups in total. The summed E-state index contributed by atoms with van der Waals surface area (Å²) in [5, 5.41) is 3.54. The van der Waals surface area contributed by atoms with Crippen LogP contribution in [0.3, 0.4) is 0 Å². The number of benzene rings is 2. The third-order valence-corrected chi connectivity index (χ3v) is 6.41. The van der Waals surface area contributed by atoms with Crippen molar-refractivity contribution in [2.75, 3.05) is 6.54 Å². The molecule has 0 aliphatic carbocycles. The molecule has 1 atom stereocenters. The monoisotopic (exact) mass is 503 g/mol. The lowest BCUT2D eigenvalue weighted by Gasteiger charge is -2.29. The van der Waals surface area contributed by atoms with Gasteiger partial charge in [-0.15, -0.1) is 0 Å². The highest BCUT2D eigenvalue weighted by Gasteiger charge is 2.22. The second-order valence-electron chi connectivity index (χ2n) is 10.2. The minimum absolute atomic E-state index is 0.140.